The van der Waals surface area contributed by atoms with Crippen LogP contribution in [0.15, 0.2) is 42.7 Å². The molecule has 136 valence electrons. The summed E-state index contributed by atoms with van der Waals surface area (Å²) in [6.45, 7) is 8.20. The van der Waals surface area contributed by atoms with Gasteiger partial charge in [0.25, 0.3) is 5.91 Å². The molecule has 1 aromatic carbocycles. The van der Waals surface area contributed by atoms with E-state index in [9.17, 15) is 4.79 Å². The van der Waals surface area contributed by atoms with Crippen molar-refractivity contribution in [3.05, 3.63) is 59.5 Å². The zero-order chi connectivity index (χ0) is 18.8. The van der Waals surface area contributed by atoms with Gasteiger partial charge in [0.1, 0.15) is 5.75 Å². The third-order valence-electron chi connectivity index (χ3n) is 4.73. The number of fused-ring (bicyclic) bond motifs is 1. The van der Waals surface area contributed by atoms with Crippen molar-refractivity contribution in [1.82, 2.24) is 14.9 Å². The number of pyridine rings is 1. The number of hydrogen-bond acceptors (Lipinski definition) is 3. The standard InChI is InChI=1S/C21H25N3O2/c1-13(2)24-15(4)20(18-11-17(26-5)8-9-19(18)24)21(25)23-14(3)16-7-6-10-22-12-16/h6-14H,1-5H3,(H,23,25). The second-order valence-electron chi connectivity index (χ2n) is 6.79. The van der Waals surface area contributed by atoms with Gasteiger partial charge < -0.3 is 14.6 Å². The normalized spacial score (nSPS) is 12.4. The number of hydrogen-bond donors (Lipinski definition) is 1. The van der Waals surface area contributed by atoms with E-state index in [0.717, 1.165) is 27.9 Å². The van der Waals surface area contributed by atoms with Crippen LogP contribution < -0.4 is 10.1 Å². The van der Waals surface area contributed by atoms with Crippen molar-refractivity contribution in [2.24, 2.45) is 0 Å². The number of nitrogens with zero attached hydrogens (tertiary/aromatic N) is 2. The summed E-state index contributed by atoms with van der Waals surface area (Å²) in [7, 11) is 1.64. The molecular formula is C21H25N3O2. The number of ether oxygens (including phenoxy) is 1. The van der Waals surface area contributed by atoms with Crippen LogP contribution in [0.1, 0.15) is 54.5 Å². The summed E-state index contributed by atoms with van der Waals surface area (Å²) in [5.74, 6) is 0.657. The molecule has 1 unspecified atom stereocenters. The predicted molar refractivity (Wildman–Crippen MR) is 104 cm³/mol. The van der Waals surface area contributed by atoms with E-state index >= 15 is 0 Å². The van der Waals surface area contributed by atoms with E-state index in [1.54, 1.807) is 19.5 Å². The number of rotatable bonds is 5. The molecule has 2 heterocycles. The van der Waals surface area contributed by atoms with Gasteiger partial charge in [0.15, 0.2) is 0 Å². The van der Waals surface area contributed by atoms with E-state index in [1.165, 1.54) is 0 Å². The number of benzene rings is 1. The van der Waals surface area contributed by atoms with Crippen LogP contribution in [0.2, 0.25) is 0 Å². The number of carbonyl (C=O) groups is 1. The zero-order valence-electron chi connectivity index (χ0n) is 15.9. The van der Waals surface area contributed by atoms with Crippen LogP contribution in [0, 0.1) is 6.92 Å². The summed E-state index contributed by atoms with van der Waals surface area (Å²) in [6, 6.07) is 9.85. The second-order valence-corrected chi connectivity index (χ2v) is 6.79. The summed E-state index contributed by atoms with van der Waals surface area (Å²) in [5, 5.41) is 4.01. The molecule has 0 radical (unpaired) electrons. The molecule has 0 aliphatic rings. The van der Waals surface area contributed by atoms with Crippen LogP contribution in [0.25, 0.3) is 10.9 Å². The highest BCUT2D eigenvalue weighted by Gasteiger charge is 2.23. The zero-order valence-corrected chi connectivity index (χ0v) is 15.9. The number of methoxy groups -OCH3 is 1. The lowest BCUT2D eigenvalue weighted by Crippen LogP contribution is -2.27. The molecule has 1 amide bonds. The predicted octanol–water partition coefficient (Wildman–Crippen LogP) is 4.43. The summed E-state index contributed by atoms with van der Waals surface area (Å²) in [6.07, 6.45) is 3.50. The highest BCUT2D eigenvalue weighted by atomic mass is 16.5. The van der Waals surface area contributed by atoms with E-state index in [2.05, 4.69) is 28.7 Å². The number of amides is 1. The highest BCUT2D eigenvalue weighted by Crippen LogP contribution is 2.32. The van der Waals surface area contributed by atoms with Crippen LogP contribution >= 0.6 is 0 Å². The van der Waals surface area contributed by atoms with Gasteiger partial charge in [-0.05, 0) is 57.5 Å². The first-order chi connectivity index (χ1) is 12.4. The molecule has 0 aliphatic carbocycles. The van der Waals surface area contributed by atoms with E-state index in [4.69, 9.17) is 4.74 Å². The van der Waals surface area contributed by atoms with Crippen LogP contribution in [0.4, 0.5) is 0 Å². The topological polar surface area (TPSA) is 56.1 Å². The van der Waals surface area contributed by atoms with Gasteiger partial charge in [0, 0.05) is 35.0 Å². The average molecular weight is 351 g/mol. The van der Waals surface area contributed by atoms with Gasteiger partial charge in [-0.15, -0.1) is 0 Å². The molecule has 3 rings (SSSR count). The van der Waals surface area contributed by atoms with Gasteiger partial charge in [-0.2, -0.15) is 0 Å². The van der Waals surface area contributed by atoms with Crippen molar-refractivity contribution in [3.63, 3.8) is 0 Å². The summed E-state index contributed by atoms with van der Waals surface area (Å²) < 4.78 is 7.56. The Kier molecular flexibility index (Phi) is 4.98. The molecule has 5 heteroatoms. The molecule has 0 spiro atoms. The van der Waals surface area contributed by atoms with Gasteiger partial charge in [0.05, 0.1) is 18.7 Å². The third kappa shape index (κ3) is 3.17. The van der Waals surface area contributed by atoms with E-state index < -0.39 is 0 Å². The van der Waals surface area contributed by atoms with Gasteiger partial charge in [0.2, 0.25) is 0 Å². The fourth-order valence-corrected chi connectivity index (χ4v) is 3.48. The minimum absolute atomic E-state index is 0.0866. The molecule has 1 atom stereocenters. The number of aromatic nitrogens is 2. The van der Waals surface area contributed by atoms with Crippen molar-refractivity contribution in [3.8, 4) is 5.75 Å². The lowest BCUT2D eigenvalue weighted by atomic mass is 10.1. The molecule has 0 bridgehead atoms. The SMILES string of the molecule is COc1ccc2c(c1)c(C(=O)NC(C)c1cccnc1)c(C)n2C(C)C. The van der Waals surface area contributed by atoms with Crippen LogP contribution in [0.5, 0.6) is 5.75 Å². The van der Waals surface area contributed by atoms with Crippen molar-refractivity contribution in [2.45, 2.75) is 39.8 Å². The Morgan fingerprint density at radius 2 is 2.00 bits per heavy atom. The summed E-state index contributed by atoms with van der Waals surface area (Å²) in [5.41, 5.74) is 3.67. The minimum atomic E-state index is -0.126. The van der Waals surface area contributed by atoms with Crippen molar-refractivity contribution >= 4 is 16.8 Å². The van der Waals surface area contributed by atoms with Crippen molar-refractivity contribution < 1.29 is 9.53 Å². The first-order valence-corrected chi connectivity index (χ1v) is 8.83. The molecular weight excluding hydrogens is 326 g/mol. The van der Waals surface area contributed by atoms with Gasteiger partial charge in [-0.1, -0.05) is 6.07 Å². The molecule has 2 aromatic heterocycles. The summed E-state index contributed by atoms with van der Waals surface area (Å²) in [4.78, 5) is 17.2. The molecule has 3 aromatic rings. The lowest BCUT2D eigenvalue weighted by molar-refractivity contribution is 0.0940. The average Bonchev–Trinajstić information content (AvgIpc) is 2.93. The van der Waals surface area contributed by atoms with Crippen molar-refractivity contribution in [1.29, 1.82) is 0 Å². The smallest absolute Gasteiger partial charge is 0.254 e. The third-order valence-corrected chi connectivity index (χ3v) is 4.73. The molecule has 0 fully saturated rings. The summed E-state index contributed by atoms with van der Waals surface area (Å²) >= 11 is 0. The Labute approximate surface area is 154 Å². The highest BCUT2D eigenvalue weighted by molar-refractivity contribution is 6.09. The molecule has 0 saturated carbocycles. The quantitative estimate of drug-likeness (QED) is 0.740. The first-order valence-electron chi connectivity index (χ1n) is 8.83. The fourth-order valence-electron chi connectivity index (χ4n) is 3.48. The van der Waals surface area contributed by atoms with E-state index in [-0.39, 0.29) is 18.0 Å². The Morgan fingerprint density at radius 3 is 2.62 bits per heavy atom. The first kappa shape index (κ1) is 18.0. The maximum atomic E-state index is 13.1. The lowest BCUT2D eigenvalue weighted by Gasteiger charge is -2.15. The number of nitrogens with one attached hydrogen (secondary N) is 1. The maximum Gasteiger partial charge on any atom is 0.254 e. The van der Waals surface area contributed by atoms with Gasteiger partial charge in [-0.3, -0.25) is 9.78 Å². The maximum absolute atomic E-state index is 13.1. The number of carbonyl (C=O) groups excluding carboxylic acids is 1. The molecule has 1 N–H and O–H groups in total. The van der Waals surface area contributed by atoms with Crippen LogP contribution in [0.3, 0.4) is 0 Å². The minimum Gasteiger partial charge on any atom is -0.497 e. The molecule has 0 aliphatic heterocycles. The fraction of sp³-hybridized carbons (Fsp3) is 0.333. The Morgan fingerprint density at radius 1 is 1.23 bits per heavy atom. The van der Waals surface area contributed by atoms with Crippen LogP contribution in [-0.2, 0) is 0 Å². The van der Waals surface area contributed by atoms with Gasteiger partial charge in [-0.25, -0.2) is 0 Å². The largest absolute Gasteiger partial charge is 0.497 e. The Hall–Kier alpha value is -2.82. The Balaban J connectivity index is 2.05. The van der Waals surface area contributed by atoms with Crippen LogP contribution in [-0.4, -0.2) is 22.6 Å². The monoisotopic (exact) mass is 351 g/mol. The second kappa shape index (κ2) is 7.20. The van der Waals surface area contributed by atoms with E-state index in [0.29, 0.717) is 5.56 Å². The Bertz CT molecular complexity index is 929. The van der Waals surface area contributed by atoms with Crippen molar-refractivity contribution in [2.75, 3.05) is 7.11 Å². The van der Waals surface area contributed by atoms with E-state index in [1.807, 2.05) is 44.2 Å². The molecule has 5 nitrogen and oxygen atoms in total. The molecule has 0 saturated heterocycles. The van der Waals surface area contributed by atoms with Gasteiger partial charge >= 0.3 is 0 Å². The molecule has 26 heavy (non-hydrogen) atoms.